The van der Waals surface area contributed by atoms with Crippen LogP contribution in [0.4, 0.5) is 17.1 Å². The van der Waals surface area contributed by atoms with Crippen LogP contribution in [-0.2, 0) is 0 Å². The average Bonchev–Trinajstić information content (AvgIpc) is 3.56. The van der Waals surface area contributed by atoms with E-state index in [4.69, 9.17) is 19.9 Å². The fraction of sp³-hybridized carbons (Fsp3) is 0.0638. The van der Waals surface area contributed by atoms with E-state index < -0.39 is 0 Å². The molecule has 0 fully saturated rings. The van der Waals surface area contributed by atoms with Gasteiger partial charge in [-0.3, -0.25) is 4.57 Å². The topological polar surface area (TPSA) is 59.7 Å². The molecule has 0 N–H and O–H groups in total. The molecule has 1 aliphatic carbocycles. The molecule has 6 heteroatoms. The number of nitrogens with zero attached hydrogens (tertiary/aromatic N) is 6. The molecule has 10 rings (SSSR count). The summed E-state index contributed by atoms with van der Waals surface area (Å²) in [6, 6.07) is 52.7. The maximum absolute atomic E-state index is 5.29. The van der Waals surface area contributed by atoms with Crippen molar-refractivity contribution >= 4 is 55.8 Å². The van der Waals surface area contributed by atoms with E-state index in [-0.39, 0.29) is 0 Å². The average molecular weight is 683 g/mol. The third kappa shape index (κ3) is 5.35. The van der Waals surface area contributed by atoms with Crippen LogP contribution in [0.15, 0.2) is 164 Å². The first-order chi connectivity index (χ1) is 26.2. The number of benzene rings is 6. The Bertz CT molecular complexity index is 2820. The van der Waals surface area contributed by atoms with Gasteiger partial charge in [-0.2, -0.15) is 0 Å². The van der Waals surface area contributed by atoms with Gasteiger partial charge in [-0.15, -0.1) is 0 Å². The summed E-state index contributed by atoms with van der Waals surface area (Å²) in [6.07, 6.45) is 7.37. The number of fused-ring (bicyclic) bond motifs is 5. The number of hydrogen-bond donors (Lipinski definition) is 0. The first-order valence-electron chi connectivity index (χ1n) is 18.0. The second-order valence-electron chi connectivity index (χ2n) is 13.6. The van der Waals surface area contributed by atoms with E-state index in [1.54, 1.807) is 0 Å². The van der Waals surface area contributed by atoms with Crippen molar-refractivity contribution in [3.05, 3.63) is 175 Å². The highest BCUT2D eigenvalue weighted by molar-refractivity contribution is 5.94. The van der Waals surface area contributed by atoms with Gasteiger partial charge in [0.1, 0.15) is 0 Å². The van der Waals surface area contributed by atoms with Crippen molar-refractivity contribution in [1.82, 2.24) is 24.5 Å². The monoisotopic (exact) mass is 682 g/mol. The van der Waals surface area contributed by atoms with Crippen LogP contribution in [-0.4, -0.2) is 24.5 Å². The van der Waals surface area contributed by atoms with Crippen molar-refractivity contribution in [1.29, 1.82) is 0 Å². The Morgan fingerprint density at radius 1 is 0.604 bits per heavy atom. The van der Waals surface area contributed by atoms with Gasteiger partial charge in [-0.25, -0.2) is 19.9 Å². The number of anilines is 3. The number of aromatic nitrogens is 5. The Morgan fingerprint density at radius 2 is 1.30 bits per heavy atom. The number of rotatable bonds is 6. The minimum atomic E-state index is 0.306. The molecule has 0 radical (unpaired) electrons. The van der Waals surface area contributed by atoms with Crippen LogP contribution in [0.3, 0.4) is 0 Å². The van der Waals surface area contributed by atoms with Gasteiger partial charge in [0, 0.05) is 45.2 Å². The molecule has 0 saturated carbocycles. The zero-order chi connectivity index (χ0) is 35.3. The number of allylic oxidation sites excluding steroid dienone is 1. The van der Waals surface area contributed by atoms with Crippen LogP contribution in [0.1, 0.15) is 30.5 Å². The van der Waals surface area contributed by atoms with Crippen LogP contribution in [0.2, 0.25) is 0 Å². The molecule has 252 valence electrons. The lowest BCUT2D eigenvalue weighted by Gasteiger charge is -2.26. The Kier molecular flexibility index (Phi) is 7.39. The van der Waals surface area contributed by atoms with Crippen molar-refractivity contribution in [2.45, 2.75) is 19.3 Å². The first-order valence-corrected chi connectivity index (χ1v) is 18.0. The largest absolute Gasteiger partial charge is 0.310 e. The molecule has 6 nitrogen and oxygen atoms in total. The molecule has 53 heavy (non-hydrogen) atoms. The van der Waals surface area contributed by atoms with Gasteiger partial charge >= 0.3 is 0 Å². The van der Waals surface area contributed by atoms with Crippen LogP contribution in [0.5, 0.6) is 0 Å². The molecular weight excluding hydrogens is 649 g/mol. The maximum atomic E-state index is 5.29. The summed E-state index contributed by atoms with van der Waals surface area (Å²) < 4.78 is 2.13. The Labute approximate surface area is 307 Å². The molecule has 6 aromatic carbocycles. The molecule has 1 unspecified atom stereocenters. The van der Waals surface area contributed by atoms with E-state index in [1.165, 1.54) is 16.3 Å². The van der Waals surface area contributed by atoms with Crippen molar-refractivity contribution in [3.8, 4) is 28.6 Å². The van der Waals surface area contributed by atoms with Crippen molar-refractivity contribution < 1.29 is 0 Å². The van der Waals surface area contributed by atoms with Crippen molar-refractivity contribution in [2.24, 2.45) is 0 Å². The van der Waals surface area contributed by atoms with Crippen LogP contribution >= 0.6 is 0 Å². The molecule has 3 heterocycles. The Balaban J connectivity index is 1.11. The molecule has 1 atom stereocenters. The number of hydrogen-bond acceptors (Lipinski definition) is 5. The van der Waals surface area contributed by atoms with E-state index in [0.29, 0.717) is 17.7 Å². The molecule has 9 aromatic rings. The van der Waals surface area contributed by atoms with Gasteiger partial charge < -0.3 is 4.90 Å². The molecule has 0 amide bonds. The molecule has 0 saturated heterocycles. The second kappa shape index (κ2) is 12.7. The van der Waals surface area contributed by atoms with Crippen molar-refractivity contribution in [3.63, 3.8) is 0 Å². The molecular formula is C47H34N6. The smallest absolute Gasteiger partial charge is 0.237 e. The molecule has 0 spiro atoms. The molecule has 0 aliphatic heterocycles. The lowest BCUT2D eigenvalue weighted by atomic mass is 9.91. The van der Waals surface area contributed by atoms with Crippen LogP contribution in [0, 0.1) is 0 Å². The van der Waals surface area contributed by atoms with Gasteiger partial charge in [0.25, 0.3) is 0 Å². The third-order valence-corrected chi connectivity index (χ3v) is 10.3. The summed E-state index contributed by atoms with van der Waals surface area (Å²) in [4.78, 5) is 23.0. The van der Waals surface area contributed by atoms with E-state index in [0.717, 1.165) is 67.9 Å². The van der Waals surface area contributed by atoms with Gasteiger partial charge in [-0.1, -0.05) is 110 Å². The zero-order valence-electron chi connectivity index (χ0n) is 29.1. The van der Waals surface area contributed by atoms with Gasteiger partial charge in [0.2, 0.25) is 5.95 Å². The summed E-state index contributed by atoms with van der Waals surface area (Å²) in [5, 5.41) is 4.46. The number of para-hydroxylation sites is 2. The zero-order valence-corrected chi connectivity index (χ0v) is 29.1. The Hall–Kier alpha value is -6.92. The maximum Gasteiger partial charge on any atom is 0.237 e. The fourth-order valence-electron chi connectivity index (χ4n) is 7.71. The SMILES string of the molecule is CC1CC=Cc2c1c1cnc(-c3ccc(N(c4ccccc4)c4ccc5ccccc5c4)cc3)nc1n2-c1nc(-c2ccccc2)c2ccccc2n1. The minimum Gasteiger partial charge on any atom is -0.310 e. The molecule has 0 bridgehead atoms. The van der Waals surface area contributed by atoms with Gasteiger partial charge in [0.05, 0.1) is 16.9 Å². The summed E-state index contributed by atoms with van der Waals surface area (Å²) >= 11 is 0. The first kappa shape index (κ1) is 30.9. The highest BCUT2D eigenvalue weighted by atomic mass is 15.2. The Morgan fingerprint density at radius 3 is 2.13 bits per heavy atom. The fourth-order valence-corrected chi connectivity index (χ4v) is 7.71. The third-order valence-electron chi connectivity index (χ3n) is 10.3. The van der Waals surface area contributed by atoms with Crippen molar-refractivity contribution in [2.75, 3.05) is 4.90 Å². The van der Waals surface area contributed by atoms with E-state index in [2.05, 4.69) is 156 Å². The van der Waals surface area contributed by atoms with Gasteiger partial charge in [0.15, 0.2) is 11.5 Å². The summed E-state index contributed by atoms with van der Waals surface area (Å²) in [7, 11) is 0. The lowest BCUT2D eigenvalue weighted by Crippen LogP contribution is -2.09. The van der Waals surface area contributed by atoms with Crippen LogP contribution < -0.4 is 4.90 Å². The highest BCUT2D eigenvalue weighted by Crippen LogP contribution is 2.40. The quantitative estimate of drug-likeness (QED) is 0.175. The minimum absolute atomic E-state index is 0.306. The van der Waals surface area contributed by atoms with E-state index in [9.17, 15) is 0 Å². The van der Waals surface area contributed by atoms with Gasteiger partial charge in [-0.05, 0) is 89.3 Å². The lowest BCUT2D eigenvalue weighted by molar-refractivity contribution is 0.770. The molecule has 3 aromatic heterocycles. The summed E-state index contributed by atoms with van der Waals surface area (Å²) in [5.41, 5.74) is 10.1. The van der Waals surface area contributed by atoms with Crippen LogP contribution in [0.25, 0.3) is 67.4 Å². The second-order valence-corrected chi connectivity index (χ2v) is 13.6. The molecule has 1 aliphatic rings. The summed E-state index contributed by atoms with van der Waals surface area (Å²) in [6.45, 7) is 2.27. The van der Waals surface area contributed by atoms with E-state index in [1.807, 2.05) is 30.5 Å². The van der Waals surface area contributed by atoms with E-state index >= 15 is 0 Å². The highest BCUT2D eigenvalue weighted by Gasteiger charge is 2.27. The standard InChI is InChI=1S/C47H34N6/c1-31-13-12-22-42-43(31)40-30-48-45(51-46(40)53(42)47-49-41-21-11-10-20-39(41)44(50-47)33-15-4-2-5-16-33)34-24-26-37(27-25-34)52(36-18-6-3-7-19-36)38-28-23-32-14-8-9-17-35(32)29-38/h2-12,14-31H,13H2,1H3. The summed E-state index contributed by atoms with van der Waals surface area (Å²) in [5.74, 6) is 1.56. The predicted molar refractivity (Wildman–Crippen MR) is 217 cm³/mol. The predicted octanol–water partition coefficient (Wildman–Crippen LogP) is 11.8. The normalized spacial score (nSPS) is 13.8.